The Hall–Kier alpha value is -3.07. The fourth-order valence-corrected chi connectivity index (χ4v) is 3.54. The van der Waals surface area contributed by atoms with Crippen molar-refractivity contribution in [2.24, 2.45) is 0 Å². The van der Waals surface area contributed by atoms with E-state index in [4.69, 9.17) is 4.74 Å². The van der Waals surface area contributed by atoms with Crippen molar-refractivity contribution in [3.8, 4) is 5.75 Å². The smallest absolute Gasteiger partial charge is 0.252 e. The Morgan fingerprint density at radius 2 is 1.52 bits per heavy atom. The van der Waals surface area contributed by atoms with Crippen LogP contribution in [0, 0.1) is 13.8 Å². The lowest BCUT2D eigenvalue weighted by molar-refractivity contribution is 0.0942. The zero-order chi connectivity index (χ0) is 21.0. The van der Waals surface area contributed by atoms with E-state index in [1.165, 1.54) is 5.56 Å². The van der Waals surface area contributed by atoms with Gasteiger partial charge in [-0.1, -0.05) is 74.0 Å². The number of aryl methyl sites for hydroxylation is 2. The molecule has 0 radical (unpaired) electrons. The van der Waals surface area contributed by atoms with Gasteiger partial charge in [0.05, 0.1) is 13.2 Å². The number of nitrogens with one attached hydrogen (secondary N) is 1. The molecule has 3 aromatic rings. The van der Waals surface area contributed by atoms with E-state index < -0.39 is 0 Å². The van der Waals surface area contributed by atoms with Crippen molar-refractivity contribution in [2.45, 2.75) is 39.7 Å². The molecule has 0 saturated carbocycles. The average Bonchev–Trinajstić information content (AvgIpc) is 2.72. The van der Waals surface area contributed by atoms with Gasteiger partial charge in [0, 0.05) is 5.56 Å². The van der Waals surface area contributed by atoms with E-state index in [2.05, 4.69) is 50.4 Å². The third-order valence-corrected chi connectivity index (χ3v) is 5.26. The molecule has 1 unspecified atom stereocenters. The maximum absolute atomic E-state index is 13.3. The lowest BCUT2D eigenvalue weighted by Gasteiger charge is -2.22. The van der Waals surface area contributed by atoms with Gasteiger partial charge >= 0.3 is 0 Å². The molecule has 29 heavy (non-hydrogen) atoms. The van der Waals surface area contributed by atoms with Gasteiger partial charge < -0.3 is 10.1 Å². The highest BCUT2D eigenvalue weighted by atomic mass is 16.5. The fourth-order valence-electron chi connectivity index (χ4n) is 3.54. The van der Waals surface area contributed by atoms with Crippen LogP contribution in [-0.2, 0) is 0 Å². The van der Waals surface area contributed by atoms with Crippen molar-refractivity contribution in [1.29, 1.82) is 0 Å². The minimum atomic E-state index is -0.215. The van der Waals surface area contributed by atoms with Crippen LogP contribution in [0.15, 0.2) is 66.7 Å². The Labute approximate surface area is 173 Å². The molecule has 1 N–H and O–H groups in total. The zero-order valence-corrected chi connectivity index (χ0v) is 17.8. The number of hydrogen-bond acceptors (Lipinski definition) is 2. The Balaban J connectivity index is 1.99. The summed E-state index contributed by atoms with van der Waals surface area (Å²) >= 11 is 0. The first-order chi connectivity index (χ1) is 13.9. The third kappa shape index (κ3) is 4.68. The molecule has 0 heterocycles. The van der Waals surface area contributed by atoms with Gasteiger partial charge in [-0.25, -0.2) is 0 Å². The largest absolute Gasteiger partial charge is 0.496 e. The molecule has 0 aliphatic rings. The van der Waals surface area contributed by atoms with E-state index in [0.717, 1.165) is 28.0 Å². The summed E-state index contributed by atoms with van der Waals surface area (Å²) in [6, 6.07) is 22.1. The van der Waals surface area contributed by atoms with Crippen molar-refractivity contribution >= 4 is 5.91 Å². The first-order valence-electron chi connectivity index (χ1n) is 10.0. The highest BCUT2D eigenvalue weighted by Crippen LogP contribution is 2.30. The molecule has 1 amide bonds. The summed E-state index contributed by atoms with van der Waals surface area (Å²) in [7, 11) is 1.67. The minimum absolute atomic E-state index is 0.0820. The van der Waals surface area contributed by atoms with Crippen LogP contribution in [0.3, 0.4) is 0 Å². The predicted octanol–water partition coefficient (Wildman–Crippen LogP) is 5.95. The van der Waals surface area contributed by atoms with Gasteiger partial charge in [-0.3, -0.25) is 4.79 Å². The lowest BCUT2D eigenvalue weighted by Crippen LogP contribution is -2.30. The number of carbonyl (C=O) groups is 1. The first-order valence-corrected chi connectivity index (χ1v) is 10.0. The molecule has 0 fully saturated rings. The summed E-state index contributed by atoms with van der Waals surface area (Å²) in [6.45, 7) is 8.22. The average molecular weight is 388 g/mol. The number of rotatable bonds is 6. The zero-order valence-electron chi connectivity index (χ0n) is 17.8. The number of carbonyl (C=O) groups excluding carboxylic acids is 1. The van der Waals surface area contributed by atoms with Crippen LogP contribution in [0.5, 0.6) is 5.75 Å². The van der Waals surface area contributed by atoms with Crippen molar-refractivity contribution in [3.05, 3.63) is 100 Å². The third-order valence-electron chi connectivity index (χ3n) is 5.26. The summed E-state index contributed by atoms with van der Waals surface area (Å²) in [5.74, 6) is 1.01. The molecule has 150 valence electrons. The summed E-state index contributed by atoms with van der Waals surface area (Å²) in [5.41, 5.74) is 5.93. The Morgan fingerprint density at radius 1 is 0.897 bits per heavy atom. The second kappa shape index (κ2) is 8.95. The molecular weight excluding hydrogens is 358 g/mol. The van der Waals surface area contributed by atoms with E-state index in [1.54, 1.807) is 7.11 Å². The second-order valence-corrected chi connectivity index (χ2v) is 7.79. The summed E-state index contributed by atoms with van der Waals surface area (Å²) in [4.78, 5) is 13.3. The number of benzene rings is 3. The van der Waals surface area contributed by atoms with E-state index in [9.17, 15) is 4.79 Å². The monoisotopic (exact) mass is 387 g/mol. The van der Waals surface area contributed by atoms with Crippen LogP contribution in [0.4, 0.5) is 0 Å². The molecule has 3 heteroatoms. The van der Waals surface area contributed by atoms with Gasteiger partial charge in [0.15, 0.2) is 0 Å². The van der Waals surface area contributed by atoms with Crippen molar-refractivity contribution in [3.63, 3.8) is 0 Å². The minimum Gasteiger partial charge on any atom is -0.496 e. The number of ether oxygens (including phenoxy) is 1. The van der Waals surface area contributed by atoms with Crippen molar-refractivity contribution in [2.75, 3.05) is 7.11 Å². The molecule has 0 bridgehead atoms. The SMILES string of the molecule is COc1cc(C)c(C(=O)NC(c2ccccc2)c2ccc(C)cc2)cc1C(C)C. The van der Waals surface area contributed by atoms with Gasteiger partial charge in [0.25, 0.3) is 5.91 Å². The van der Waals surface area contributed by atoms with Gasteiger partial charge in [-0.05, 0) is 54.2 Å². The Kier molecular flexibility index (Phi) is 6.38. The predicted molar refractivity (Wildman–Crippen MR) is 119 cm³/mol. The lowest BCUT2D eigenvalue weighted by atomic mass is 9.94. The Morgan fingerprint density at radius 3 is 2.10 bits per heavy atom. The number of methoxy groups -OCH3 is 1. The molecule has 3 rings (SSSR count). The molecule has 0 spiro atoms. The van der Waals surface area contributed by atoms with Crippen LogP contribution in [0.25, 0.3) is 0 Å². The number of hydrogen-bond donors (Lipinski definition) is 1. The van der Waals surface area contributed by atoms with Gasteiger partial charge in [-0.2, -0.15) is 0 Å². The summed E-state index contributed by atoms with van der Waals surface area (Å²) in [6.07, 6.45) is 0. The molecule has 3 nitrogen and oxygen atoms in total. The molecule has 0 saturated heterocycles. The first kappa shape index (κ1) is 20.7. The van der Waals surface area contributed by atoms with E-state index in [1.807, 2.05) is 49.4 Å². The molecule has 0 aromatic heterocycles. The number of amides is 1. The maximum atomic E-state index is 13.3. The van der Waals surface area contributed by atoms with Crippen LogP contribution in [0.1, 0.15) is 64.0 Å². The van der Waals surface area contributed by atoms with E-state index in [-0.39, 0.29) is 17.9 Å². The van der Waals surface area contributed by atoms with E-state index in [0.29, 0.717) is 5.56 Å². The second-order valence-electron chi connectivity index (χ2n) is 7.79. The fraction of sp³-hybridized carbons (Fsp3) is 0.269. The van der Waals surface area contributed by atoms with Crippen LogP contribution >= 0.6 is 0 Å². The topological polar surface area (TPSA) is 38.3 Å². The normalized spacial score (nSPS) is 11.9. The molecule has 0 aliphatic carbocycles. The Bertz CT molecular complexity index is 976. The standard InChI is InChI=1S/C26H29NO2/c1-17(2)22-16-23(19(4)15-24(22)29-5)26(28)27-25(20-9-7-6-8-10-20)21-13-11-18(3)12-14-21/h6-17,25H,1-5H3,(H,27,28). The molecule has 0 aliphatic heterocycles. The van der Waals surface area contributed by atoms with E-state index >= 15 is 0 Å². The quantitative estimate of drug-likeness (QED) is 0.567. The summed E-state index contributed by atoms with van der Waals surface area (Å²) in [5, 5.41) is 3.25. The summed E-state index contributed by atoms with van der Waals surface area (Å²) < 4.78 is 5.52. The van der Waals surface area contributed by atoms with Crippen LogP contribution in [-0.4, -0.2) is 13.0 Å². The molecule has 1 atom stereocenters. The van der Waals surface area contributed by atoms with Gasteiger partial charge in [-0.15, -0.1) is 0 Å². The highest BCUT2D eigenvalue weighted by molar-refractivity contribution is 5.96. The molecular formula is C26H29NO2. The molecule has 3 aromatic carbocycles. The highest BCUT2D eigenvalue weighted by Gasteiger charge is 2.21. The van der Waals surface area contributed by atoms with Gasteiger partial charge in [0.1, 0.15) is 5.75 Å². The van der Waals surface area contributed by atoms with Crippen molar-refractivity contribution < 1.29 is 9.53 Å². The van der Waals surface area contributed by atoms with Crippen molar-refractivity contribution in [1.82, 2.24) is 5.32 Å². The van der Waals surface area contributed by atoms with Gasteiger partial charge in [0.2, 0.25) is 0 Å². The van der Waals surface area contributed by atoms with Crippen LogP contribution in [0.2, 0.25) is 0 Å². The van der Waals surface area contributed by atoms with Crippen LogP contribution < -0.4 is 10.1 Å². The maximum Gasteiger partial charge on any atom is 0.252 e.